The standard InChI is InChI=1S/C7H12O2.C5H8O3.C5H8O2/c1-3-5-6-9-7(8)4-2;1-2-5(7)8-4-3-6;1-3-5(6)7-4-2/h4H,2-3,5-6H2,1H3;2,6H,1,3-4H2;3H,1,4H2,2H3. The predicted molar refractivity (Wildman–Crippen MR) is 91.1 cm³/mol. The van der Waals surface area contributed by atoms with Gasteiger partial charge >= 0.3 is 17.9 Å². The topological polar surface area (TPSA) is 99.1 Å². The number of aliphatic hydroxyl groups is 1. The summed E-state index contributed by atoms with van der Waals surface area (Å²) in [5.41, 5.74) is 0. The third-order valence-corrected chi connectivity index (χ3v) is 1.86. The van der Waals surface area contributed by atoms with Gasteiger partial charge in [-0.2, -0.15) is 0 Å². The van der Waals surface area contributed by atoms with Crippen molar-refractivity contribution in [2.75, 3.05) is 26.4 Å². The van der Waals surface area contributed by atoms with Crippen molar-refractivity contribution in [1.29, 1.82) is 0 Å². The summed E-state index contributed by atoms with van der Waals surface area (Å²) in [6.45, 7) is 14.3. The van der Waals surface area contributed by atoms with Gasteiger partial charge in [-0.1, -0.05) is 33.1 Å². The molecule has 0 unspecified atom stereocenters. The Hall–Kier alpha value is -2.41. The van der Waals surface area contributed by atoms with Crippen LogP contribution in [-0.4, -0.2) is 49.4 Å². The van der Waals surface area contributed by atoms with E-state index < -0.39 is 5.97 Å². The number of ether oxygens (including phenoxy) is 3. The van der Waals surface area contributed by atoms with Crippen LogP contribution in [0.25, 0.3) is 0 Å². The van der Waals surface area contributed by atoms with E-state index in [2.05, 4.69) is 33.9 Å². The van der Waals surface area contributed by atoms with Crippen LogP contribution in [0.3, 0.4) is 0 Å². The van der Waals surface area contributed by atoms with E-state index in [1.807, 2.05) is 6.92 Å². The summed E-state index contributed by atoms with van der Waals surface area (Å²) in [6.07, 6.45) is 5.35. The van der Waals surface area contributed by atoms with Gasteiger partial charge in [-0.15, -0.1) is 0 Å². The highest BCUT2D eigenvalue weighted by Crippen LogP contribution is 1.88. The Morgan fingerprint density at radius 2 is 1.25 bits per heavy atom. The highest BCUT2D eigenvalue weighted by Gasteiger charge is 1.91. The molecule has 0 aliphatic rings. The van der Waals surface area contributed by atoms with Gasteiger partial charge in [0.25, 0.3) is 0 Å². The second kappa shape index (κ2) is 22.9. The van der Waals surface area contributed by atoms with Gasteiger partial charge in [0.05, 0.1) is 19.8 Å². The van der Waals surface area contributed by atoms with Gasteiger partial charge in [0, 0.05) is 18.2 Å². The zero-order valence-electron chi connectivity index (χ0n) is 14.5. The molecule has 0 atom stereocenters. The maximum atomic E-state index is 10.3. The quantitative estimate of drug-likeness (QED) is 0.295. The van der Waals surface area contributed by atoms with Gasteiger partial charge in [-0.05, 0) is 13.3 Å². The molecular weight excluding hydrogens is 316 g/mol. The molecule has 0 bridgehead atoms. The van der Waals surface area contributed by atoms with Crippen molar-refractivity contribution in [3.05, 3.63) is 38.0 Å². The average molecular weight is 344 g/mol. The van der Waals surface area contributed by atoms with Gasteiger partial charge < -0.3 is 19.3 Å². The monoisotopic (exact) mass is 344 g/mol. The summed E-state index contributed by atoms with van der Waals surface area (Å²) in [5, 5.41) is 8.10. The molecule has 138 valence electrons. The summed E-state index contributed by atoms with van der Waals surface area (Å²) in [5.74, 6) is -1.19. The molecule has 0 saturated heterocycles. The van der Waals surface area contributed by atoms with Crippen LogP contribution in [0.1, 0.15) is 26.7 Å². The van der Waals surface area contributed by atoms with Crippen LogP contribution in [0.4, 0.5) is 0 Å². The highest BCUT2D eigenvalue weighted by atomic mass is 16.5. The summed E-state index contributed by atoms with van der Waals surface area (Å²) in [6, 6.07) is 0. The summed E-state index contributed by atoms with van der Waals surface area (Å²) in [7, 11) is 0. The third kappa shape index (κ3) is 27.9. The molecule has 0 heterocycles. The van der Waals surface area contributed by atoms with Crippen LogP contribution in [0.2, 0.25) is 0 Å². The van der Waals surface area contributed by atoms with Crippen LogP contribution < -0.4 is 0 Å². The maximum Gasteiger partial charge on any atom is 0.330 e. The molecule has 0 aromatic rings. The molecular formula is C17H28O7. The second-order valence-electron chi connectivity index (χ2n) is 3.78. The third-order valence-electron chi connectivity index (χ3n) is 1.86. The number of rotatable bonds is 9. The Balaban J connectivity index is -0.000000278. The molecule has 0 spiro atoms. The minimum Gasteiger partial charge on any atom is -0.463 e. The van der Waals surface area contributed by atoms with Crippen molar-refractivity contribution in [2.24, 2.45) is 0 Å². The Morgan fingerprint density at radius 3 is 1.54 bits per heavy atom. The van der Waals surface area contributed by atoms with Crippen LogP contribution in [0.15, 0.2) is 38.0 Å². The van der Waals surface area contributed by atoms with Crippen LogP contribution in [0.5, 0.6) is 0 Å². The molecule has 0 aromatic carbocycles. The largest absolute Gasteiger partial charge is 0.463 e. The summed E-state index contributed by atoms with van der Waals surface area (Å²) in [4.78, 5) is 30.5. The molecule has 0 aliphatic heterocycles. The minimum absolute atomic E-state index is 0.0465. The Kier molecular flexibility index (Phi) is 25.2. The lowest BCUT2D eigenvalue weighted by atomic mass is 10.4. The zero-order valence-corrected chi connectivity index (χ0v) is 14.5. The molecule has 1 N–H and O–H groups in total. The SMILES string of the molecule is C=CC(=O)OCC.C=CC(=O)OCCCC.C=CC(=O)OCCO. The molecule has 0 saturated carbocycles. The number of hydrogen-bond donors (Lipinski definition) is 1. The Labute approximate surface area is 143 Å². The van der Waals surface area contributed by atoms with Crippen molar-refractivity contribution in [3.8, 4) is 0 Å². The molecule has 0 amide bonds. The van der Waals surface area contributed by atoms with E-state index in [0.717, 1.165) is 25.0 Å². The van der Waals surface area contributed by atoms with Gasteiger partial charge in [0.2, 0.25) is 0 Å². The fourth-order valence-electron chi connectivity index (χ4n) is 0.782. The lowest BCUT2D eigenvalue weighted by Gasteiger charge is -1.97. The van der Waals surface area contributed by atoms with E-state index >= 15 is 0 Å². The van der Waals surface area contributed by atoms with Crippen molar-refractivity contribution < 1.29 is 33.7 Å². The smallest absolute Gasteiger partial charge is 0.330 e. The van der Waals surface area contributed by atoms with Gasteiger partial charge in [-0.3, -0.25) is 0 Å². The minimum atomic E-state index is -0.501. The van der Waals surface area contributed by atoms with Gasteiger partial charge in [0.15, 0.2) is 0 Å². The summed E-state index contributed by atoms with van der Waals surface area (Å²) >= 11 is 0. The van der Waals surface area contributed by atoms with Gasteiger partial charge in [0.1, 0.15) is 6.61 Å². The molecule has 7 heteroatoms. The first-order chi connectivity index (χ1) is 11.4. The Morgan fingerprint density at radius 1 is 0.833 bits per heavy atom. The van der Waals surface area contributed by atoms with E-state index in [-0.39, 0.29) is 25.2 Å². The van der Waals surface area contributed by atoms with Crippen molar-refractivity contribution in [2.45, 2.75) is 26.7 Å². The maximum absolute atomic E-state index is 10.3. The van der Waals surface area contributed by atoms with Crippen molar-refractivity contribution in [1.82, 2.24) is 0 Å². The van der Waals surface area contributed by atoms with Crippen molar-refractivity contribution >= 4 is 17.9 Å². The van der Waals surface area contributed by atoms with Crippen LogP contribution >= 0.6 is 0 Å². The fraction of sp³-hybridized carbons (Fsp3) is 0.471. The van der Waals surface area contributed by atoms with E-state index in [1.54, 1.807) is 6.92 Å². The molecule has 0 rings (SSSR count). The molecule has 0 fully saturated rings. The van der Waals surface area contributed by atoms with Crippen molar-refractivity contribution in [3.63, 3.8) is 0 Å². The van der Waals surface area contributed by atoms with E-state index in [4.69, 9.17) is 5.11 Å². The zero-order chi connectivity index (χ0) is 19.2. The molecule has 0 aromatic heterocycles. The average Bonchev–Trinajstić information content (AvgIpc) is 2.60. The lowest BCUT2D eigenvalue weighted by molar-refractivity contribution is -0.139. The van der Waals surface area contributed by atoms with Gasteiger partial charge in [-0.25, -0.2) is 14.4 Å². The first kappa shape index (κ1) is 26.5. The van der Waals surface area contributed by atoms with E-state index in [9.17, 15) is 14.4 Å². The predicted octanol–water partition coefficient (Wildman–Crippen LogP) is 1.96. The van der Waals surface area contributed by atoms with Crippen LogP contribution in [-0.2, 0) is 28.6 Å². The van der Waals surface area contributed by atoms with E-state index in [0.29, 0.717) is 13.2 Å². The number of unbranched alkanes of at least 4 members (excludes halogenated alkanes) is 1. The lowest BCUT2D eigenvalue weighted by Crippen LogP contribution is -2.04. The second-order valence-corrected chi connectivity index (χ2v) is 3.78. The molecule has 0 aliphatic carbocycles. The number of hydrogen-bond acceptors (Lipinski definition) is 7. The highest BCUT2D eigenvalue weighted by molar-refractivity contribution is 5.81. The molecule has 0 radical (unpaired) electrons. The number of aliphatic hydroxyl groups excluding tert-OH is 1. The molecule has 24 heavy (non-hydrogen) atoms. The van der Waals surface area contributed by atoms with E-state index in [1.165, 1.54) is 6.08 Å². The number of carbonyl (C=O) groups excluding carboxylic acids is 3. The fourth-order valence-corrected chi connectivity index (χ4v) is 0.782. The van der Waals surface area contributed by atoms with Crippen LogP contribution in [0, 0.1) is 0 Å². The number of esters is 3. The first-order valence-electron chi connectivity index (χ1n) is 7.41. The Bertz CT molecular complexity index is 375. The summed E-state index contributed by atoms with van der Waals surface area (Å²) < 4.78 is 13.4. The number of carbonyl (C=O) groups is 3. The first-order valence-corrected chi connectivity index (χ1v) is 7.41. The normalized spacial score (nSPS) is 8.12. The molecule has 7 nitrogen and oxygen atoms in total.